The van der Waals surface area contributed by atoms with Gasteiger partial charge in [-0.05, 0) is 18.2 Å². The summed E-state index contributed by atoms with van der Waals surface area (Å²) in [5.74, 6) is 0.769. The number of nitrogens with zero attached hydrogens (tertiary/aromatic N) is 1. The minimum absolute atomic E-state index is 0.263. The molecule has 0 fully saturated rings. The molecule has 0 saturated carbocycles. The van der Waals surface area contributed by atoms with E-state index in [-0.39, 0.29) is 12.1 Å². The zero-order valence-corrected chi connectivity index (χ0v) is 10.4. The minimum atomic E-state index is -0.440. The Morgan fingerprint density at radius 3 is 2.82 bits per heavy atom. The van der Waals surface area contributed by atoms with Crippen molar-refractivity contribution in [1.82, 2.24) is 5.32 Å². The average molecular weight is 275 g/mol. The van der Waals surface area contributed by atoms with Crippen LogP contribution in [0.3, 0.4) is 0 Å². The Hall–Kier alpha value is -1.17. The quantitative estimate of drug-likeness (QED) is 0.759. The van der Waals surface area contributed by atoms with Crippen LogP contribution in [0.25, 0.3) is 0 Å². The molecule has 17 heavy (non-hydrogen) atoms. The molecule has 0 saturated heterocycles. The third-order valence-corrected chi connectivity index (χ3v) is 2.76. The predicted molar refractivity (Wildman–Crippen MR) is 68.2 cm³/mol. The average Bonchev–Trinajstić information content (AvgIpc) is 2.21. The van der Waals surface area contributed by atoms with Crippen LogP contribution in [-0.2, 0) is 0 Å². The summed E-state index contributed by atoms with van der Waals surface area (Å²) in [6.45, 7) is 0. The van der Waals surface area contributed by atoms with Crippen molar-refractivity contribution in [1.29, 1.82) is 0 Å². The van der Waals surface area contributed by atoms with Gasteiger partial charge in [-0.25, -0.2) is 4.99 Å². The lowest BCUT2D eigenvalue weighted by atomic mass is 10.3. The van der Waals surface area contributed by atoms with Gasteiger partial charge in [-0.2, -0.15) is 0 Å². The standard InChI is InChI=1S/C10H12Cl2N4O/c11-5-1-2-7(6(12)3-5)17-9-4-8(13)15-10(14)16-9/h1-3,8-9H,4,13H2,(H3,14,15,16). The Balaban J connectivity index is 2.13. The van der Waals surface area contributed by atoms with E-state index < -0.39 is 6.23 Å². The zero-order chi connectivity index (χ0) is 12.4. The topological polar surface area (TPSA) is 85.7 Å². The fourth-order valence-corrected chi connectivity index (χ4v) is 1.96. The Kier molecular flexibility index (Phi) is 3.61. The van der Waals surface area contributed by atoms with Gasteiger partial charge in [0.1, 0.15) is 5.75 Å². The number of nitrogens with one attached hydrogen (secondary N) is 1. The molecule has 1 heterocycles. The van der Waals surface area contributed by atoms with Gasteiger partial charge >= 0.3 is 0 Å². The summed E-state index contributed by atoms with van der Waals surface area (Å²) in [7, 11) is 0. The molecule has 5 N–H and O–H groups in total. The first-order valence-electron chi connectivity index (χ1n) is 5.01. The van der Waals surface area contributed by atoms with Crippen molar-refractivity contribution < 1.29 is 4.74 Å². The van der Waals surface area contributed by atoms with Crippen molar-refractivity contribution >= 4 is 29.2 Å². The van der Waals surface area contributed by atoms with Crippen LogP contribution in [0.5, 0.6) is 5.75 Å². The molecular weight excluding hydrogens is 263 g/mol. The van der Waals surface area contributed by atoms with E-state index in [4.69, 9.17) is 39.4 Å². The number of rotatable bonds is 2. The molecule has 1 aliphatic heterocycles. The van der Waals surface area contributed by atoms with Crippen molar-refractivity contribution in [3.8, 4) is 5.75 Å². The molecule has 0 aromatic heterocycles. The van der Waals surface area contributed by atoms with Gasteiger partial charge in [0.25, 0.3) is 0 Å². The number of ether oxygens (including phenoxy) is 1. The maximum Gasteiger partial charge on any atom is 0.196 e. The maximum absolute atomic E-state index is 5.99. The molecule has 5 nitrogen and oxygen atoms in total. The number of benzene rings is 1. The molecule has 7 heteroatoms. The Morgan fingerprint density at radius 2 is 2.18 bits per heavy atom. The highest BCUT2D eigenvalue weighted by atomic mass is 35.5. The van der Waals surface area contributed by atoms with E-state index in [2.05, 4.69) is 10.3 Å². The summed E-state index contributed by atoms with van der Waals surface area (Å²) in [6, 6.07) is 4.98. The van der Waals surface area contributed by atoms with E-state index in [9.17, 15) is 0 Å². The summed E-state index contributed by atoms with van der Waals surface area (Å²) < 4.78 is 5.60. The van der Waals surface area contributed by atoms with Crippen molar-refractivity contribution in [2.75, 3.05) is 0 Å². The lowest BCUT2D eigenvalue weighted by Crippen LogP contribution is -2.51. The number of halogens is 2. The van der Waals surface area contributed by atoms with Gasteiger partial charge in [-0.15, -0.1) is 0 Å². The van der Waals surface area contributed by atoms with E-state index >= 15 is 0 Å². The van der Waals surface area contributed by atoms with Crippen LogP contribution in [0.1, 0.15) is 6.42 Å². The fourth-order valence-electron chi connectivity index (χ4n) is 1.50. The van der Waals surface area contributed by atoms with Gasteiger partial charge in [-0.1, -0.05) is 23.2 Å². The third kappa shape index (κ3) is 3.15. The van der Waals surface area contributed by atoms with Gasteiger partial charge in [-0.3, -0.25) is 0 Å². The van der Waals surface area contributed by atoms with Crippen LogP contribution < -0.4 is 21.5 Å². The molecule has 2 atom stereocenters. The number of hydrogen-bond donors (Lipinski definition) is 3. The number of guanidine groups is 1. The second-order valence-electron chi connectivity index (χ2n) is 3.65. The van der Waals surface area contributed by atoms with Crippen molar-refractivity contribution in [3.63, 3.8) is 0 Å². The summed E-state index contributed by atoms with van der Waals surface area (Å²) in [5, 5.41) is 3.77. The van der Waals surface area contributed by atoms with Gasteiger partial charge < -0.3 is 21.5 Å². The molecule has 0 aliphatic carbocycles. The second kappa shape index (κ2) is 5.00. The molecule has 1 aliphatic rings. The van der Waals surface area contributed by atoms with Crippen LogP contribution in [-0.4, -0.2) is 18.4 Å². The van der Waals surface area contributed by atoms with Crippen LogP contribution in [0.15, 0.2) is 23.2 Å². The highest BCUT2D eigenvalue weighted by molar-refractivity contribution is 6.35. The Morgan fingerprint density at radius 1 is 1.41 bits per heavy atom. The molecule has 92 valence electrons. The lowest BCUT2D eigenvalue weighted by molar-refractivity contribution is 0.179. The molecule has 2 rings (SSSR count). The van der Waals surface area contributed by atoms with Crippen LogP contribution >= 0.6 is 23.2 Å². The lowest BCUT2D eigenvalue weighted by Gasteiger charge is -2.26. The predicted octanol–water partition coefficient (Wildman–Crippen LogP) is 1.29. The van der Waals surface area contributed by atoms with Gasteiger partial charge in [0.15, 0.2) is 12.2 Å². The first-order chi connectivity index (χ1) is 8.04. The van der Waals surface area contributed by atoms with Crippen LogP contribution in [0.2, 0.25) is 10.0 Å². The van der Waals surface area contributed by atoms with Crippen molar-refractivity contribution in [3.05, 3.63) is 28.2 Å². The first-order valence-corrected chi connectivity index (χ1v) is 5.77. The van der Waals surface area contributed by atoms with Crippen LogP contribution in [0.4, 0.5) is 0 Å². The first kappa shape index (κ1) is 12.3. The molecule has 0 radical (unpaired) electrons. The van der Waals surface area contributed by atoms with E-state index in [1.165, 1.54) is 0 Å². The van der Waals surface area contributed by atoms with E-state index in [0.29, 0.717) is 22.2 Å². The molecule has 2 unspecified atom stereocenters. The van der Waals surface area contributed by atoms with Crippen LogP contribution in [0, 0.1) is 0 Å². The fraction of sp³-hybridized carbons (Fsp3) is 0.300. The maximum atomic E-state index is 5.99. The van der Waals surface area contributed by atoms with Gasteiger partial charge in [0.2, 0.25) is 0 Å². The number of nitrogens with two attached hydrogens (primary N) is 2. The SMILES string of the molecule is NC1=NC(Oc2ccc(Cl)cc2Cl)CC(N)N1. The monoisotopic (exact) mass is 274 g/mol. The molecule has 1 aromatic rings. The minimum Gasteiger partial charge on any atom is -0.467 e. The third-order valence-electron chi connectivity index (χ3n) is 2.23. The summed E-state index contributed by atoms with van der Waals surface area (Å²) in [6.07, 6.45) is -0.201. The van der Waals surface area contributed by atoms with Crippen molar-refractivity contribution in [2.24, 2.45) is 16.5 Å². The van der Waals surface area contributed by atoms with E-state index in [1.54, 1.807) is 18.2 Å². The highest BCUT2D eigenvalue weighted by Gasteiger charge is 2.21. The molecular formula is C10H12Cl2N4O. The molecule has 0 amide bonds. The van der Waals surface area contributed by atoms with E-state index in [0.717, 1.165) is 0 Å². The highest BCUT2D eigenvalue weighted by Crippen LogP contribution is 2.29. The second-order valence-corrected chi connectivity index (χ2v) is 4.49. The molecule has 1 aromatic carbocycles. The summed E-state index contributed by atoms with van der Waals surface area (Å²) >= 11 is 11.8. The largest absolute Gasteiger partial charge is 0.467 e. The number of aliphatic imine (C=N–C) groups is 1. The zero-order valence-electron chi connectivity index (χ0n) is 8.86. The normalized spacial score (nSPS) is 23.8. The van der Waals surface area contributed by atoms with Gasteiger partial charge in [0, 0.05) is 11.4 Å². The van der Waals surface area contributed by atoms with Gasteiger partial charge in [0.05, 0.1) is 11.2 Å². The van der Waals surface area contributed by atoms with Crippen molar-refractivity contribution in [2.45, 2.75) is 18.8 Å². The summed E-state index contributed by atoms with van der Waals surface area (Å²) in [4.78, 5) is 4.08. The number of hydrogen-bond acceptors (Lipinski definition) is 5. The summed E-state index contributed by atoms with van der Waals surface area (Å²) in [5.41, 5.74) is 11.3. The van der Waals surface area contributed by atoms with E-state index in [1.807, 2.05) is 0 Å². The Bertz CT molecular complexity index is 452. The Labute approximate surface area is 109 Å². The smallest absolute Gasteiger partial charge is 0.196 e. The molecule has 0 bridgehead atoms. The molecule has 0 spiro atoms.